The molecule has 0 amide bonds. The number of aromatic amines is 1. The number of Topliss-reactive ketones (excluding diaryl/α,β-unsaturated/α-hetero) is 1. The quantitative estimate of drug-likeness (QED) is 0.471. The molecule has 0 unspecified atom stereocenters. The molecule has 10 nitrogen and oxygen atoms in total. The number of hydrogen-bond donors (Lipinski definition) is 2. The Bertz CT molecular complexity index is 1230. The van der Waals surface area contributed by atoms with Crippen LogP contribution in [0.2, 0.25) is 0 Å². The number of benzene rings is 1. The van der Waals surface area contributed by atoms with Crippen molar-refractivity contribution in [2.24, 2.45) is 4.99 Å². The second-order valence-electron chi connectivity index (χ2n) is 7.13. The lowest BCUT2D eigenvalue weighted by Crippen LogP contribution is -2.28. The standard InChI is InChI=1S/C21H23N3O7S/c1-5-30-21(27)18-12(3)22-11(2)17(18)15(25)10-31-20(26)13(4)23-19-14-8-6-7-9-16(14)32(28,29)24-19/h6-9,13,22H,5,10H2,1-4H3,(H,23,24)/t13-/m1/s1. The Hall–Kier alpha value is -3.47. The van der Waals surface area contributed by atoms with Crippen LogP contribution >= 0.6 is 0 Å². The fourth-order valence-electron chi connectivity index (χ4n) is 3.39. The van der Waals surface area contributed by atoms with Gasteiger partial charge in [0.2, 0.25) is 5.78 Å². The van der Waals surface area contributed by atoms with Gasteiger partial charge in [0, 0.05) is 17.0 Å². The van der Waals surface area contributed by atoms with Crippen LogP contribution in [0.5, 0.6) is 0 Å². The van der Waals surface area contributed by atoms with Crippen molar-refractivity contribution in [1.82, 2.24) is 9.71 Å². The van der Waals surface area contributed by atoms with Gasteiger partial charge in [0.25, 0.3) is 10.0 Å². The van der Waals surface area contributed by atoms with E-state index in [1.165, 1.54) is 13.0 Å². The van der Waals surface area contributed by atoms with Crippen molar-refractivity contribution in [3.05, 3.63) is 52.3 Å². The summed E-state index contributed by atoms with van der Waals surface area (Å²) in [5, 5.41) is 0. The first kappa shape index (κ1) is 23.2. The number of ketones is 1. The fourth-order valence-corrected chi connectivity index (χ4v) is 4.63. The highest BCUT2D eigenvalue weighted by Crippen LogP contribution is 2.23. The first-order valence-corrected chi connectivity index (χ1v) is 11.3. The van der Waals surface area contributed by atoms with Crippen LogP contribution < -0.4 is 4.72 Å². The molecule has 0 aliphatic carbocycles. The van der Waals surface area contributed by atoms with Crippen LogP contribution in [0, 0.1) is 13.8 Å². The van der Waals surface area contributed by atoms with Gasteiger partial charge in [0.15, 0.2) is 6.61 Å². The minimum absolute atomic E-state index is 0.0260. The Kier molecular flexibility index (Phi) is 6.49. The zero-order chi connectivity index (χ0) is 23.6. The largest absolute Gasteiger partial charge is 0.462 e. The van der Waals surface area contributed by atoms with Crippen LogP contribution in [0.4, 0.5) is 0 Å². The van der Waals surface area contributed by atoms with E-state index in [2.05, 4.69) is 14.7 Å². The monoisotopic (exact) mass is 461 g/mol. The third-order valence-electron chi connectivity index (χ3n) is 4.81. The molecule has 0 spiro atoms. The van der Waals surface area contributed by atoms with Crippen molar-refractivity contribution in [2.75, 3.05) is 13.2 Å². The number of aryl methyl sites for hydroxylation is 2. The van der Waals surface area contributed by atoms with E-state index in [9.17, 15) is 22.8 Å². The molecule has 11 heteroatoms. The average Bonchev–Trinajstić information content (AvgIpc) is 3.18. The highest BCUT2D eigenvalue weighted by Gasteiger charge is 2.32. The van der Waals surface area contributed by atoms with E-state index >= 15 is 0 Å². The maximum Gasteiger partial charge on any atom is 0.340 e. The molecule has 2 N–H and O–H groups in total. The molecule has 2 aromatic rings. The number of ether oxygens (including phenoxy) is 2. The minimum Gasteiger partial charge on any atom is -0.462 e. The molecule has 0 bridgehead atoms. The highest BCUT2D eigenvalue weighted by molar-refractivity contribution is 7.90. The van der Waals surface area contributed by atoms with Crippen LogP contribution in [-0.4, -0.2) is 56.2 Å². The lowest BCUT2D eigenvalue weighted by Gasteiger charge is -2.10. The summed E-state index contributed by atoms with van der Waals surface area (Å²) in [5.41, 5.74) is 1.49. The summed E-state index contributed by atoms with van der Waals surface area (Å²) >= 11 is 0. The van der Waals surface area contributed by atoms with Gasteiger partial charge in [-0.15, -0.1) is 0 Å². The van der Waals surface area contributed by atoms with Gasteiger partial charge in [-0.2, -0.15) is 0 Å². The Morgan fingerprint density at radius 2 is 1.72 bits per heavy atom. The van der Waals surface area contributed by atoms with Gasteiger partial charge in [0.05, 0.1) is 22.6 Å². The number of nitrogens with one attached hydrogen (secondary N) is 2. The summed E-state index contributed by atoms with van der Waals surface area (Å²) in [7, 11) is -3.74. The molecular formula is C21H23N3O7S. The third kappa shape index (κ3) is 4.42. The molecule has 1 aromatic carbocycles. The number of rotatable bonds is 7. The summed E-state index contributed by atoms with van der Waals surface area (Å²) in [4.78, 5) is 44.4. The van der Waals surface area contributed by atoms with E-state index in [-0.39, 0.29) is 28.5 Å². The second kappa shape index (κ2) is 8.95. The molecule has 170 valence electrons. The number of amidine groups is 1. The Morgan fingerprint density at radius 1 is 1.06 bits per heavy atom. The second-order valence-corrected chi connectivity index (χ2v) is 8.78. The van der Waals surface area contributed by atoms with Gasteiger partial charge >= 0.3 is 11.9 Å². The molecule has 32 heavy (non-hydrogen) atoms. The molecule has 3 rings (SSSR count). The molecule has 0 radical (unpaired) electrons. The molecule has 1 aliphatic rings. The average molecular weight is 461 g/mol. The highest BCUT2D eigenvalue weighted by atomic mass is 32.2. The van der Waals surface area contributed by atoms with Gasteiger partial charge in [-0.3, -0.25) is 14.5 Å². The normalized spacial score (nSPS) is 16.2. The molecular weight excluding hydrogens is 438 g/mol. The van der Waals surface area contributed by atoms with Crippen molar-refractivity contribution in [2.45, 2.75) is 38.6 Å². The van der Waals surface area contributed by atoms with Gasteiger partial charge in [0.1, 0.15) is 11.9 Å². The topological polar surface area (TPSA) is 144 Å². The molecule has 1 aliphatic heterocycles. The maximum atomic E-state index is 12.7. The minimum atomic E-state index is -3.74. The third-order valence-corrected chi connectivity index (χ3v) is 6.20. The van der Waals surface area contributed by atoms with Gasteiger partial charge in [-0.1, -0.05) is 12.1 Å². The van der Waals surface area contributed by atoms with E-state index in [0.717, 1.165) is 0 Å². The number of fused-ring (bicyclic) bond motifs is 1. The van der Waals surface area contributed by atoms with Crippen LogP contribution in [0.25, 0.3) is 0 Å². The number of aliphatic imine (C=N–C) groups is 1. The van der Waals surface area contributed by atoms with E-state index < -0.39 is 40.4 Å². The van der Waals surface area contributed by atoms with Crippen molar-refractivity contribution in [1.29, 1.82) is 0 Å². The summed E-state index contributed by atoms with van der Waals surface area (Å²) in [6, 6.07) is 5.16. The number of esters is 2. The predicted octanol–water partition coefficient (Wildman–Crippen LogP) is 1.66. The number of sulfonamides is 1. The van der Waals surface area contributed by atoms with E-state index in [4.69, 9.17) is 9.47 Å². The first-order chi connectivity index (χ1) is 15.1. The number of nitrogens with zero attached hydrogens (tertiary/aromatic N) is 1. The number of H-pyrrole nitrogens is 1. The Labute approximate surface area is 185 Å². The molecule has 0 fully saturated rings. The summed E-state index contributed by atoms with van der Waals surface area (Å²) < 4.78 is 36.7. The fraction of sp³-hybridized carbons (Fsp3) is 0.333. The van der Waals surface area contributed by atoms with Crippen molar-refractivity contribution >= 4 is 33.6 Å². The van der Waals surface area contributed by atoms with E-state index in [1.807, 2.05) is 0 Å². The Balaban J connectivity index is 1.73. The van der Waals surface area contributed by atoms with Crippen LogP contribution in [0.1, 0.15) is 51.5 Å². The predicted molar refractivity (Wildman–Crippen MR) is 114 cm³/mol. The van der Waals surface area contributed by atoms with E-state index in [1.54, 1.807) is 39.0 Å². The summed E-state index contributed by atoms with van der Waals surface area (Å²) in [6.45, 7) is 5.88. The van der Waals surface area contributed by atoms with Crippen molar-refractivity contribution in [3.63, 3.8) is 0 Å². The number of carbonyl (C=O) groups excluding carboxylic acids is 3. The van der Waals surface area contributed by atoms with Crippen LogP contribution in [-0.2, 0) is 24.3 Å². The first-order valence-electron chi connectivity index (χ1n) is 9.83. The number of hydrogen-bond acceptors (Lipinski definition) is 8. The summed E-state index contributed by atoms with van der Waals surface area (Å²) in [6.07, 6.45) is 0. The molecule has 0 saturated heterocycles. The van der Waals surface area contributed by atoms with Gasteiger partial charge < -0.3 is 14.5 Å². The lowest BCUT2D eigenvalue weighted by molar-refractivity contribution is -0.143. The maximum absolute atomic E-state index is 12.7. The van der Waals surface area contributed by atoms with E-state index in [0.29, 0.717) is 17.0 Å². The summed E-state index contributed by atoms with van der Waals surface area (Å²) in [5.74, 6) is -2.01. The smallest absolute Gasteiger partial charge is 0.340 e. The van der Waals surface area contributed by atoms with Crippen LogP contribution in [0.15, 0.2) is 34.2 Å². The SMILES string of the molecule is CCOC(=O)c1c(C)[nH]c(C)c1C(=O)COC(=O)[C@@H](C)N=C1NS(=O)(=O)c2ccccc21. The van der Waals surface area contributed by atoms with Gasteiger partial charge in [-0.05, 0) is 39.8 Å². The molecule has 1 aromatic heterocycles. The zero-order valence-electron chi connectivity index (χ0n) is 18.0. The lowest BCUT2D eigenvalue weighted by atomic mass is 10.1. The number of aromatic nitrogens is 1. The Morgan fingerprint density at radius 3 is 2.41 bits per heavy atom. The zero-order valence-corrected chi connectivity index (χ0v) is 18.8. The molecule has 2 heterocycles. The molecule has 0 saturated carbocycles. The van der Waals surface area contributed by atoms with Crippen molar-refractivity contribution < 1.29 is 32.3 Å². The van der Waals surface area contributed by atoms with Crippen molar-refractivity contribution in [3.8, 4) is 0 Å². The van der Waals surface area contributed by atoms with Gasteiger partial charge in [-0.25, -0.2) is 18.0 Å². The number of carbonyl (C=O) groups is 3. The molecule has 1 atom stereocenters. The van der Waals surface area contributed by atoms with Crippen LogP contribution in [0.3, 0.4) is 0 Å².